The zero-order chi connectivity index (χ0) is 27.4. The summed E-state index contributed by atoms with van der Waals surface area (Å²) in [6.07, 6.45) is 0.625. The Morgan fingerprint density at radius 3 is 2.22 bits per heavy atom. The summed E-state index contributed by atoms with van der Waals surface area (Å²) in [6.45, 7) is 12.5. The van der Waals surface area contributed by atoms with Gasteiger partial charge in [-0.1, -0.05) is 56.8 Å². The Hall–Kier alpha value is -3.75. The number of hydrogen-bond acceptors (Lipinski definition) is 6. The minimum atomic E-state index is -3.09. The van der Waals surface area contributed by atoms with Crippen molar-refractivity contribution in [1.82, 2.24) is 10.1 Å². The Labute approximate surface area is 215 Å². The van der Waals surface area contributed by atoms with E-state index in [0.29, 0.717) is 37.1 Å². The van der Waals surface area contributed by atoms with Gasteiger partial charge in [-0.15, -0.1) is 0 Å². The van der Waals surface area contributed by atoms with Crippen LogP contribution in [0, 0.1) is 0 Å². The quantitative estimate of drug-likeness (QED) is 0.282. The Kier molecular flexibility index (Phi) is 8.35. The number of anilines is 1. The smallest absolute Gasteiger partial charge is 0.347 e. The molecule has 0 saturated heterocycles. The Morgan fingerprint density at radius 1 is 1.11 bits per heavy atom. The summed E-state index contributed by atoms with van der Waals surface area (Å²) >= 11 is 0. The van der Waals surface area contributed by atoms with Crippen LogP contribution in [0.4, 0.5) is 14.7 Å². The van der Waals surface area contributed by atoms with Gasteiger partial charge in [0.15, 0.2) is 5.60 Å². The van der Waals surface area contributed by atoms with Gasteiger partial charge in [-0.25, -0.2) is 4.79 Å². The summed E-state index contributed by atoms with van der Waals surface area (Å²) in [5, 5.41) is 13.4. The van der Waals surface area contributed by atoms with E-state index >= 15 is 0 Å². The molecule has 0 fully saturated rings. The van der Waals surface area contributed by atoms with E-state index in [-0.39, 0.29) is 17.1 Å². The number of carboxylic acid groups (broad SMARTS) is 1. The van der Waals surface area contributed by atoms with Crippen LogP contribution in [-0.2, 0) is 23.7 Å². The molecule has 1 aromatic heterocycles. The van der Waals surface area contributed by atoms with Crippen LogP contribution in [-0.4, -0.2) is 33.4 Å². The van der Waals surface area contributed by atoms with E-state index in [4.69, 9.17) is 9.26 Å². The maximum Gasteiger partial charge on any atom is 0.347 e. The molecule has 198 valence electrons. The highest BCUT2D eigenvalue weighted by Crippen LogP contribution is 2.34. The molecule has 0 spiro atoms. The third kappa shape index (κ3) is 6.93. The van der Waals surface area contributed by atoms with Crippen molar-refractivity contribution in [2.45, 2.75) is 65.0 Å². The lowest BCUT2D eigenvalue weighted by molar-refractivity contribution is -0.152. The number of aliphatic carboxylic acids is 1. The standard InChI is InChI=1S/C28H33F2N3O4/c1-18(2)24-31-26(32-37-24)33(17-21-7-11-22(12-8-21)28(29,30)19(3)4)16-15-20-9-13-23(14-10-20)36-27(5,6)25(34)35/h7-14,18H,3,15-17H2,1-2,4-6H3,(H,34,35). The number of allylic oxidation sites excluding steroid dienone is 1. The van der Waals surface area contributed by atoms with Crippen molar-refractivity contribution < 1.29 is 27.9 Å². The summed E-state index contributed by atoms with van der Waals surface area (Å²) in [5.41, 5.74) is 0.157. The van der Waals surface area contributed by atoms with Crippen LogP contribution >= 0.6 is 0 Å². The number of benzene rings is 2. The van der Waals surface area contributed by atoms with E-state index in [1.165, 1.54) is 32.9 Å². The highest BCUT2D eigenvalue weighted by molar-refractivity contribution is 5.76. The summed E-state index contributed by atoms with van der Waals surface area (Å²) < 4.78 is 39.6. The molecule has 37 heavy (non-hydrogen) atoms. The van der Waals surface area contributed by atoms with Crippen molar-refractivity contribution in [2.75, 3.05) is 11.4 Å². The topological polar surface area (TPSA) is 88.7 Å². The summed E-state index contributed by atoms with van der Waals surface area (Å²) in [7, 11) is 0. The second-order valence-electron chi connectivity index (χ2n) is 9.87. The van der Waals surface area contributed by atoms with Gasteiger partial charge in [-0.05, 0) is 61.2 Å². The van der Waals surface area contributed by atoms with Crippen molar-refractivity contribution in [3.8, 4) is 5.75 Å². The monoisotopic (exact) mass is 513 g/mol. The predicted molar refractivity (Wildman–Crippen MR) is 137 cm³/mol. The zero-order valence-corrected chi connectivity index (χ0v) is 21.8. The number of nitrogens with zero attached hydrogens (tertiary/aromatic N) is 3. The molecule has 0 bridgehead atoms. The molecule has 0 aliphatic carbocycles. The first kappa shape index (κ1) is 27.8. The fourth-order valence-electron chi connectivity index (χ4n) is 3.45. The minimum absolute atomic E-state index is 0.0642. The minimum Gasteiger partial charge on any atom is -0.478 e. The molecular weight excluding hydrogens is 480 g/mol. The van der Waals surface area contributed by atoms with Crippen molar-refractivity contribution in [3.63, 3.8) is 0 Å². The number of ether oxygens (including phenoxy) is 1. The maximum atomic E-state index is 14.3. The molecule has 0 radical (unpaired) electrons. The number of rotatable bonds is 12. The Balaban J connectivity index is 1.76. The van der Waals surface area contributed by atoms with Gasteiger partial charge >= 0.3 is 5.97 Å². The van der Waals surface area contributed by atoms with Crippen LogP contribution in [0.15, 0.2) is 65.2 Å². The fraction of sp³-hybridized carbons (Fsp3) is 0.393. The molecule has 0 aliphatic heterocycles. The molecule has 3 rings (SSSR count). The van der Waals surface area contributed by atoms with E-state index < -0.39 is 17.5 Å². The molecule has 7 nitrogen and oxygen atoms in total. The molecule has 9 heteroatoms. The average Bonchev–Trinajstić information content (AvgIpc) is 3.33. The summed E-state index contributed by atoms with van der Waals surface area (Å²) in [5.74, 6) is -2.69. The first-order valence-corrected chi connectivity index (χ1v) is 12.0. The van der Waals surface area contributed by atoms with Crippen molar-refractivity contribution in [1.29, 1.82) is 0 Å². The van der Waals surface area contributed by atoms with Gasteiger partial charge in [0.1, 0.15) is 5.75 Å². The zero-order valence-electron chi connectivity index (χ0n) is 21.8. The average molecular weight is 514 g/mol. The molecule has 0 saturated carbocycles. The van der Waals surface area contributed by atoms with Crippen LogP contribution in [0.25, 0.3) is 0 Å². The van der Waals surface area contributed by atoms with Crippen LogP contribution in [0.3, 0.4) is 0 Å². The van der Waals surface area contributed by atoms with Crippen LogP contribution < -0.4 is 9.64 Å². The molecule has 0 unspecified atom stereocenters. The lowest BCUT2D eigenvalue weighted by atomic mass is 10.0. The molecule has 1 heterocycles. The number of carbonyl (C=O) groups is 1. The molecule has 0 aliphatic rings. The first-order chi connectivity index (χ1) is 17.3. The molecule has 0 amide bonds. The van der Waals surface area contributed by atoms with Gasteiger partial charge in [0.25, 0.3) is 11.9 Å². The number of carboxylic acids is 1. The molecule has 3 aromatic rings. The summed E-state index contributed by atoms with van der Waals surface area (Å²) in [6, 6.07) is 13.4. The molecular formula is C28H33F2N3O4. The van der Waals surface area contributed by atoms with E-state index in [1.54, 1.807) is 24.3 Å². The second kappa shape index (κ2) is 11.1. The van der Waals surface area contributed by atoms with E-state index in [1.807, 2.05) is 30.9 Å². The largest absolute Gasteiger partial charge is 0.478 e. The molecule has 2 aromatic carbocycles. The van der Waals surface area contributed by atoms with Gasteiger partial charge in [-0.2, -0.15) is 13.8 Å². The van der Waals surface area contributed by atoms with Gasteiger partial charge in [0.05, 0.1) is 0 Å². The van der Waals surface area contributed by atoms with Crippen molar-refractivity contribution >= 4 is 11.9 Å². The molecule has 1 N–H and O–H groups in total. The van der Waals surface area contributed by atoms with Gasteiger partial charge in [-0.3, -0.25) is 0 Å². The Morgan fingerprint density at radius 2 is 1.70 bits per heavy atom. The van der Waals surface area contributed by atoms with Crippen LogP contribution in [0.2, 0.25) is 0 Å². The van der Waals surface area contributed by atoms with E-state index in [0.717, 1.165) is 11.1 Å². The number of alkyl halides is 2. The number of aromatic nitrogens is 2. The summed E-state index contributed by atoms with van der Waals surface area (Å²) in [4.78, 5) is 17.7. The lowest BCUT2D eigenvalue weighted by Crippen LogP contribution is -2.37. The fourth-order valence-corrected chi connectivity index (χ4v) is 3.45. The van der Waals surface area contributed by atoms with Crippen LogP contribution in [0.5, 0.6) is 5.75 Å². The van der Waals surface area contributed by atoms with E-state index in [2.05, 4.69) is 16.7 Å². The van der Waals surface area contributed by atoms with Crippen molar-refractivity contribution in [2.24, 2.45) is 0 Å². The predicted octanol–water partition coefficient (Wildman–Crippen LogP) is 6.35. The van der Waals surface area contributed by atoms with Gasteiger partial charge in [0.2, 0.25) is 5.89 Å². The second-order valence-corrected chi connectivity index (χ2v) is 9.87. The van der Waals surface area contributed by atoms with Gasteiger partial charge in [0, 0.05) is 24.6 Å². The number of hydrogen-bond donors (Lipinski definition) is 1. The number of halogens is 2. The maximum absolute atomic E-state index is 14.3. The third-order valence-electron chi connectivity index (χ3n) is 5.92. The first-order valence-electron chi connectivity index (χ1n) is 12.0. The highest BCUT2D eigenvalue weighted by Gasteiger charge is 2.32. The lowest BCUT2D eigenvalue weighted by Gasteiger charge is -2.23. The van der Waals surface area contributed by atoms with Crippen molar-refractivity contribution in [3.05, 3.63) is 83.3 Å². The normalized spacial score (nSPS) is 12.0. The SMILES string of the molecule is C=C(C)C(F)(F)c1ccc(CN(CCc2ccc(OC(C)(C)C(=O)O)cc2)c2noc(C(C)C)n2)cc1. The molecule has 0 atom stereocenters. The Bertz CT molecular complexity index is 1220. The van der Waals surface area contributed by atoms with E-state index in [9.17, 15) is 18.7 Å². The third-order valence-corrected chi connectivity index (χ3v) is 5.92. The van der Waals surface area contributed by atoms with Crippen LogP contribution in [0.1, 0.15) is 63.1 Å². The highest BCUT2D eigenvalue weighted by atomic mass is 19.3. The van der Waals surface area contributed by atoms with Gasteiger partial charge < -0.3 is 19.3 Å².